The van der Waals surface area contributed by atoms with Crippen molar-refractivity contribution in [2.75, 3.05) is 51.2 Å². The minimum absolute atomic E-state index is 0.0582. The monoisotopic (exact) mass is 437 g/mol. The van der Waals surface area contributed by atoms with E-state index in [1.807, 2.05) is 19.0 Å². The fourth-order valence-corrected chi connectivity index (χ4v) is 4.28. The number of anilines is 1. The third kappa shape index (κ3) is 5.19. The van der Waals surface area contributed by atoms with E-state index in [1.54, 1.807) is 0 Å². The number of amides is 1. The molecule has 0 fully saturated rings. The smallest absolute Gasteiger partial charge is 0.264 e. The summed E-state index contributed by atoms with van der Waals surface area (Å²) < 4.78 is 52.0. The molecule has 1 heterocycles. The van der Waals surface area contributed by atoms with Crippen LogP contribution >= 0.6 is 0 Å². The first-order valence-corrected chi connectivity index (χ1v) is 10.8. The Morgan fingerprint density at radius 1 is 1.07 bits per heavy atom. The van der Waals surface area contributed by atoms with E-state index < -0.39 is 28.3 Å². The van der Waals surface area contributed by atoms with Crippen molar-refractivity contribution >= 4 is 21.6 Å². The van der Waals surface area contributed by atoms with Crippen molar-refractivity contribution in [2.45, 2.75) is 4.90 Å². The number of benzene rings is 2. The van der Waals surface area contributed by atoms with E-state index in [9.17, 15) is 17.6 Å². The number of likely N-dealkylation sites (N-methyl/N-ethyl adjacent to an activating group) is 1. The first-order chi connectivity index (χ1) is 14.3. The van der Waals surface area contributed by atoms with Gasteiger partial charge in [0.25, 0.3) is 10.0 Å². The van der Waals surface area contributed by atoms with Gasteiger partial charge >= 0.3 is 0 Å². The molecule has 2 aromatic carbocycles. The van der Waals surface area contributed by atoms with Gasteiger partial charge < -0.3 is 19.7 Å². The number of sulfonamides is 1. The fourth-order valence-electron chi connectivity index (χ4n) is 2.84. The Labute approximate surface area is 175 Å². The fraction of sp³-hybridized carbons (Fsp3) is 0.350. The van der Waals surface area contributed by atoms with Crippen molar-refractivity contribution in [2.24, 2.45) is 0 Å². The molecule has 0 saturated heterocycles. The summed E-state index contributed by atoms with van der Waals surface area (Å²) in [5.74, 6) is -0.208. The molecule has 0 aliphatic carbocycles. The van der Waals surface area contributed by atoms with Crippen LogP contribution in [0.1, 0.15) is 0 Å². The lowest BCUT2D eigenvalue weighted by Gasteiger charge is -2.25. The van der Waals surface area contributed by atoms with Gasteiger partial charge in [-0.05, 0) is 50.5 Å². The molecule has 0 spiro atoms. The maximum atomic E-state index is 13.4. The average Bonchev–Trinajstić information content (AvgIpc) is 2.72. The van der Waals surface area contributed by atoms with Gasteiger partial charge in [-0.3, -0.25) is 9.10 Å². The van der Waals surface area contributed by atoms with Crippen LogP contribution in [-0.2, 0) is 14.8 Å². The summed E-state index contributed by atoms with van der Waals surface area (Å²) >= 11 is 0. The van der Waals surface area contributed by atoms with E-state index in [1.165, 1.54) is 30.3 Å². The van der Waals surface area contributed by atoms with Crippen molar-refractivity contribution in [3.05, 3.63) is 48.3 Å². The average molecular weight is 437 g/mol. The Hall–Kier alpha value is -2.85. The maximum absolute atomic E-state index is 13.4. The predicted octanol–water partition coefficient (Wildman–Crippen LogP) is 1.47. The van der Waals surface area contributed by atoms with E-state index in [-0.39, 0.29) is 10.6 Å². The zero-order valence-electron chi connectivity index (χ0n) is 16.8. The van der Waals surface area contributed by atoms with Crippen LogP contribution in [0, 0.1) is 5.82 Å². The van der Waals surface area contributed by atoms with Crippen LogP contribution in [0.25, 0.3) is 0 Å². The molecule has 3 rings (SSSR count). The minimum atomic E-state index is -4.13. The molecule has 1 amide bonds. The number of nitrogens with one attached hydrogen (secondary N) is 1. The van der Waals surface area contributed by atoms with Gasteiger partial charge in [0, 0.05) is 19.2 Å². The van der Waals surface area contributed by atoms with E-state index in [0.29, 0.717) is 37.8 Å². The van der Waals surface area contributed by atoms with Gasteiger partial charge in [-0.15, -0.1) is 0 Å². The summed E-state index contributed by atoms with van der Waals surface area (Å²) in [5, 5.41) is 2.69. The number of hydrogen-bond donors (Lipinski definition) is 1. The second kappa shape index (κ2) is 9.31. The van der Waals surface area contributed by atoms with Crippen LogP contribution in [0.15, 0.2) is 47.4 Å². The Morgan fingerprint density at radius 3 is 2.40 bits per heavy atom. The molecular weight excluding hydrogens is 413 g/mol. The first kappa shape index (κ1) is 21.8. The second-order valence-corrected chi connectivity index (χ2v) is 8.81. The number of carbonyl (C=O) groups is 1. The lowest BCUT2D eigenvalue weighted by Crippen LogP contribution is -2.42. The van der Waals surface area contributed by atoms with Gasteiger partial charge in [0.05, 0.1) is 10.6 Å². The molecule has 0 bridgehead atoms. The number of hydrogen-bond acceptors (Lipinski definition) is 6. The Balaban J connectivity index is 1.90. The predicted molar refractivity (Wildman–Crippen MR) is 110 cm³/mol. The van der Waals surface area contributed by atoms with Crippen LogP contribution < -0.4 is 19.1 Å². The number of halogens is 1. The normalized spacial score (nSPS) is 13.2. The molecular formula is C20H24FN3O5S. The standard InChI is InChI=1S/C20H24FN3O5S/c1-23(2)10-9-22-20(25)14-24(16-5-3-15(21)4-6-16)30(26,27)17-7-8-18-19(13-17)29-12-11-28-18/h3-8,13H,9-12,14H2,1-2H3,(H,22,25). The van der Waals surface area contributed by atoms with Crippen LogP contribution in [-0.4, -0.2) is 66.2 Å². The van der Waals surface area contributed by atoms with Crippen molar-refractivity contribution in [1.82, 2.24) is 10.2 Å². The van der Waals surface area contributed by atoms with Gasteiger partial charge in [0.1, 0.15) is 25.6 Å². The molecule has 162 valence electrons. The molecule has 0 atom stereocenters. The molecule has 0 saturated carbocycles. The lowest BCUT2D eigenvalue weighted by molar-refractivity contribution is -0.119. The van der Waals surface area contributed by atoms with E-state index in [0.717, 1.165) is 16.4 Å². The highest BCUT2D eigenvalue weighted by atomic mass is 32.2. The van der Waals surface area contributed by atoms with Gasteiger partial charge in [-0.25, -0.2) is 12.8 Å². The van der Waals surface area contributed by atoms with E-state index >= 15 is 0 Å². The summed E-state index contributed by atoms with van der Waals surface area (Å²) in [5.41, 5.74) is 0.175. The minimum Gasteiger partial charge on any atom is -0.486 e. The number of rotatable bonds is 8. The molecule has 0 unspecified atom stereocenters. The van der Waals surface area contributed by atoms with Crippen molar-refractivity contribution in [1.29, 1.82) is 0 Å². The van der Waals surface area contributed by atoms with Crippen molar-refractivity contribution in [3.63, 3.8) is 0 Å². The van der Waals surface area contributed by atoms with E-state index in [2.05, 4.69) is 5.32 Å². The van der Waals surface area contributed by atoms with Gasteiger partial charge in [0.2, 0.25) is 5.91 Å². The number of ether oxygens (including phenoxy) is 2. The number of nitrogens with zero attached hydrogens (tertiary/aromatic N) is 2. The largest absolute Gasteiger partial charge is 0.486 e. The molecule has 30 heavy (non-hydrogen) atoms. The van der Waals surface area contributed by atoms with Crippen molar-refractivity contribution < 1.29 is 27.1 Å². The third-order valence-corrected chi connectivity index (χ3v) is 6.15. The van der Waals surface area contributed by atoms with Crippen molar-refractivity contribution in [3.8, 4) is 11.5 Å². The topological polar surface area (TPSA) is 88.2 Å². The quantitative estimate of drug-likeness (QED) is 0.673. The molecule has 0 radical (unpaired) electrons. The lowest BCUT2D eigenvalue weighted by atomic mass is 10.3. The Bertz CT molecular complexity index is 996. The second-order valence-electron chi connectivity index (χ2n) is 6.95. The van der Waals surface area contributed by atoms with E-state index in [4.69, 9.17) is 9.47 Å². The Kier molecular flexibility index (Phi) is 6.78. The first-order valence-electron chi connectivity index (χ1n) is 9.37. The number of carbonyl (C=O) groups excluding carboxylic acids is 1. The zero-order valence-corrected chi connectivity index (χ0v) is 17.6. The molecule has 1 aliphatic heterocycles. The zero-order chi connectivity index (χ0) is 21.7. The molecule has 1 aliphatic rings. The molecule has 8 nitrogen and oxygen atoms in total. The summed E-state index contributed by atoms with van der Waals surface area (Å²) in [4.78, 5) is 14.3. The number of fused-ring (bicyclic) bond motifs is 1. The molecule has 1 N–H and O–H groups in total. The van der Waals surface area contributed by atoms with Crippen LogP contribution in [0.3, 0.4) is 0 Å². The maximum Gasteiger partial charge on any atom is 0.264 e. The van der Waals surface area contributed by atoms with Crippen LogP contribution in [0.4, 0.5) is 10.1 Å². The van der Waals surface area contributed by atoms with Crippen LogP contribution in [0.2, 0.25) is 0 Å². The summed E-state index contributed by atoms with van der Waals surface area (Å²) in [6.45, 7) is 1.22. The Morgan fingerprint density at radius 2 is 1.73 bits per heavy atom. The van der Waals surface area contributed by atoms with Gasteiger partial charge in [0.15, 0.2) is 11.5 Å². The van der Waals surface area contributed by atoms with Gasteiger partial charge in [-0.2, -0.15) is 0 Å². The summed E-state index contributed by atoms with van der Waals surface area (Å²) in [7, 11) is -0.404. The highest BCUT2D eigenvalue weighted by Crippen LogP contribution is 2.34. The van der Waals surface area contributed by atoms with Crippen LogP contribution in [0.5, 0.6) is 11.5 Å². The highest BCUT2D eigenvalue weighted by Gasteiger charge is 2.29. The molecule has 10 heteroatoms. The summed E-state index contributed by atoms with van der Waals surface area (Å²) in [6.07, 6.45) is 0. The SMILES string of the molecule is CN(C)CCNC(=O)CN(c1ccc(F)cc1)S(=O)(=O)c1ccc2c(c1)OCCO2. The third-order valence-electron chi connectivity index (χ3n) is 4.38. The highest BCUT2D eigenvalue weighted by molar-refractivity contribution is 7.92. The van der Waals surface area contributed by atoms with Gasteiger partial charge in [-0.1, -0.05) is 0 Å². The molecule has 0 aromatic heterocycles. The summed E-state index contributed by atoms with van der Waals surface area (Å²) in [6, 6.07) is 9.20. The molecule has 2 aromatic rings.